The van der Waals surface area contributed by atoms with E-state index in [0.717, 1.165) is 38.5 Å². The Kier molecular flexibility index (Phi) is 5.95. The number of rotatable bonds is 6. The van der Waals surface area contributed by atoms with Crippen molar-refractivity contribution in [1.29, 1.82) is 0 Å². The van der Waals surface area contributed by atoms with Crippen LogP contribution >= 0.6 is 0 Å². The van der Waals surface area contributed by atoms with Crippen LogP contribution in [0.4, 0.5) is 0 Å². The molecule has 90 valence electrons. The molecule has 1 aliphatic carbocycles. The maximum absolute atomic E-state index is 11.4. The number of hydrogen-bond acceptors (Lipinski definition) is 2. The first kappa shape index (κ1) is 13.1. The Bertz CT molecular complexity index is 257. The van der Waals surface area contributed by atoms with E-state index >= 15 is 0 Å². The number of carbonyl (C=O) groups excluding carboxylic acids is 1. The predicted molar refractivity (Wildman–Crippen MR) is 63.7 cm³/mol. The van der Waals surface area contributed by atoms with Crippen molar-refractivity contribution in [3.8, 4) is 12.3 Å². The van der Waals surface area contributed by atoms with Crippen LogP contribution in [0.25, 0.3) is 0 Å². The molecule has 1 saturated carbocycles. The minimum absolute atomic E-state index is 0.110. The zero-order chi connectivity index (χ0) is 11.8. The Labute approximate surface area is 97.6 Å². The average Bonchev–Trinajstić information content (AvgIpc) is 2.68. The van der Waals surface area contributed by atoms with E-state index < -0.39 is 0 Å². The van der Waals surface area contributed by atoms with E-state index in [0.29, 0.717) is 18.9 Å². The van der Waals surface area contributed by atoms with Crippen molar-refractivity contribution in [2.75, 3.05) is 6.54 Å². The van der Waals surface area contributed by atoms with Crippen LogP contribution in [0.2, 0.25) is 0 Å². The van der Waals surface area contributed by atoms with E-state index in [1.54, 1.807) is 0 Å². The largest absolute Gasteiger partial charge is 0.393 e. The van der Waals surface area contributed by atoms with Crippen LogP contribution in [0, 0.1) is 18.3 Å². The van der Waals surface area contributed by atoms with Crippen LogP contribution in [0.1, 0.15) is 44.9 Å². The summed E-state index contributed by atoms with van der Waals surface area (Å²) in [4.78, 5) is 11.4. The summed E-state index contributed by atoms with van der Waals surface area (Å²) in [6.07, 6.45) is 10.8. The van der Waals surface area contributed by atoms with Gasteiger partial charge in [-0.25, -0.2) is 0 Å². The monoisotopic (exact) mass is 223 g/mol. The summed E-state index contributed by atoms with van der Waals surface area (Å²) in [5.41, 5.74) is 0. The Morgan fingerprint density at radius 2 is 2.25 bits per heavy atom. The lowest BCUT2D eigenvalue weighted by atomic mass is 10.1. The molecule has 3 nitrogen and oxygen atoms in total. The molecule has 0 aromatic heterocycles. The molecule has 1 amide bonds. The second kappa shape index (κ2) is 7.29. The molecule has 2 unspecified atom stereocenters. The first-order valence-electron chi connectivity index (χ1n) is 6.10. The highest BCUT2D eigenvalue weighted by Crippen LogP contribution is 2.24. The highest BCUT2D eigenvalue weighted by atomic mass is 16.3. The number of unbranched alkanes of at least 4 members (excludes halogenated alkanes) is 2. The SMILES string of the molecule is C#CCCCCC(=O)NCC1CCC(O)C1. The van der Waals surface area contributed by atoms with Crippen LogP contribution in [0.15, 0.2) is 0 Å². The van der Waals surface area contributed by atoms with Crippen LogP contribution in [0.5, 0.6) is 0 Å². The summed E-state index contributed by atoms with van der Waals surface area (Å²) in [6.45, 7) is 0.713. The van der Waals surface area contributed by atoms with Gasteiger partial charge in [0, 0.05) is 19.4 Å². The van der Waals surface area contributed by atoms with Gasteiger partial charge in [0.15, 0.2) is 0 Å². The first-order valence-corrected chi connectivity index (χ1v) is 6.10. The Morgan fingerprint density at radius 3 is 2.88 bits per heavy atom. The molecule has 0 heterocycles. The van der Waals surface area contributed by atoms with Gasteiger partial charge in [-0.3, -0.25) is 4.79 Å². The molecule has 0 aromatic carbocycles. The zero-order valence-corrected chi connectivity index (χ0v) is 9.74. The van der Waals surface area contributed by atoms with Crippen LogP contribution in [-0.4, -0.2) is 23.7 Å². The topological polar surface area (TPSA) is 49.3 Å². The number of terminal acetylenes is 1. The molecule has 3 heteroatoms. The van der Waals surface area contributed by atoms with Crippen molar-refractivity contribution in [2.45, 2.75) is 51.0 Å². The number of carbonyl (C=O) groups is 1. The lowest BCUT2D eigenvalue weighted by Crippen LogP contribution is -2.28. The number of amides is 1. The third kappa shape index (κ3) is 5.18. The van der Waals surface area contributed by atoms with E-state index in [1.165, 1.54) is 0 Å². The van der Waals surface area contributed by atoms with Crippen molar-refractivity contribution in [1.82, 2.24) is 5.32 Å². The highest BCUT2D eigenvalue weighted by Gasteiger charge is 2.22. The summed E-state index contributed by atoms with van der Waals surface area (Å²) in [5, 5.41) is 12.3. The molecule has 0 aliphatic heterocycles. The first-order chi connectivity index (χ1) is 7.72. The van der Waals surface area contributed by atoms with Gasteiger partial charge in [0.2, 0.25) is 5.91 Å². The average molecular weight is 223 g/mol. The summed E-state index contributed by atoms with van der Waals surface area (Å²) < 4.78 is 0. The number of hydrogen-bond donors (Lipinski definition) is 2. The van der Waals surface area contributed by atoms with Crippen LogP contribution < -0.4 is 5.32 Å². The van der Waals surface area contributed by atoms with Gasteiger partial charge in [0.1, 0.15) is 0 Å². The third-order valence-corrected chi connectivity index (χ3v) is 3.08. The predicted octanol–water partition coefficient (Wildman–Crippen LogP) is 1.46. The fourth-order valence-corrected chi connectivity index (χ4v) is 2.09. The van der Waals surface area contributed by atoms with Gasteiger partial charge in [0.25, 0.3) is 0 Å². The van der Waals surface area contributed by atoms with Crippen molar-refractivity contribution < 1.29 is 9.90 Å². The highest BCUT2D eigenvalue weighted by molar-refractivity contribution is 5.75. The van der Waals surface area contributed by atoms with E-state index in [2.05, 4.69) is 11.2 Å². The van der Waals surface area contributed by atoms with Gasteiger partial charge in [0.05, 0.1) is 6.10 Å². The smallest absolute Gasteiger partial charge is 0.220 e. The van der Waals surface area contributed by atoms with E-state index in [4.69, 9.17) is 6.42 Å². The molecule has 1 aliphatic rings. The molecule has 0 aromatic rings. The molecule has 0 radical (unpaired) electrons. The summed E-state index contributed by atoms with van der Waals surface area (Å²) >= 11 is 0. The quantitative estimate of drug-likeness (QED) is 0.529. The zero-order valence-electron chi connectivity index (χ0n) is 9.74. The molecular weight excluding hydrogens is 202 g/mol. The van der Waals surface area contributed by atoms with E-state index in [9.17, 15) is 9.90 Å². The fourth-order valence-electron chi connectivity index (χ4n) is 2.09. The number of nitrogens with one attached hydrogen (secondary N) is 1. The minimum Gasteiger partial charge on any atom is -0.393 e. The van der Waals surface area contributed by atoms with Crippen LogP contribution in [0.3, 0.4) is 0 Å². The molecule has 2 N–H and O–H groups in total. The Hall–Kier alpha value is -1.01. The molecule has 16 heavy (non-hydrogen) atoms. The molecular formula is C13H21NO2. The Balaban J connectivity index is 2.00. The molecule has 2 atom stereocenters. The van der Waals surface area contributed by atoms with Crippen molar-refractivity contribution in [3.63, 3.8) is 0 Å². The summed E-state index contributed by atoms with van der Waals surface area (Å²) in [5.74, 6) is 3.14. The van der Waals surface area contributed by atoms with Gasteiger partial charge in [-0.05, 0) is 38.0 Å². The summed E-state index contributed by atoms with van der Waals surface area (Å²) in [6, 6.07) is 0. The second-order valence-corrected chi connectivity index (χ2v) is 4.55. The number of aliphatic hydroxyl groups excluding tert-OH is 1. The second-order valence-electron chi connectivity index (χ2n) is 4.55. The standard InChI is InChI=1S/C13H21NO2/c1-2-3-4-5-6-13(16)14-10-11-7-8-12(15)9-11/h1,11-12,15H,3-10H2,(H,14,16). The lowest BCUT2D eigenvalue weighted by Gasteiger charge is -2.10. The van der Waals surface area contributed by atoms with Crippen molar-refractivity contribution in [2.24, 2.45) is 5.92 Å². The molecule has 0 bridgehead atoms. The summed E-state index contributed by atoms with van der Waals surface area (Å²) in [7, 11) is 0. The Morgan fingerprint density at radius 1 is 1.44 bits per heavy atom. The van der Waals surface area contributed by atoms with E-state index in [-0.39, 0.29) is 12.0 Å². The van der Waals surface area contributed by atoms with Crippen LogP contribution in [-0.2, 0) is 4.79 Å². The normalized spacial score (nSPS) is 24.0. The van der Waals surface area contributed by atoms with Gasteiger partial charge in [-0.1, -0.05) is 0 Å². The van der Waals surface area contributed by atoms with Gasteiger partial charge in [-0.15, -0.1) is 12.3 Å². The third-order valence-electron chi connectivity index (χ3n) is 3.08. The van der Waals surface area contributed by atoms with Gasteiger partial charge < -0.3 is 10.4 Å². The van der Waals surface area contributed by atoms with Gasteiger partial charge >= 0.3 is 0 Å². The van der Waals surface area contributed by atoms with E-state index in [1.807, 2.05) is 0 Å². The lowest BCUT2D eigenvalue weighted by molar-refractivity contribution is -0.121. The van der Waals surface area contributed by atoms with Crippen molar-refractivity contribution >= 4 is 5.91 Å². The molecule has 1 rings (SSSR count). The number of aliphatic hydroxyl groups is 1. The fraction of sp³-hybridized carbons (Fsp3) is 0.769. The van der Waals surface area contributed by atoms with Gasteiger partial charge in [-0.2, -0.15) is 0 Å². The maximum atomic E-state index is 11.4. The van der Waals surface area contributed by atoms with Crippen molar-refractivity contribution in [3.05, 3.63) is 0 Å². The minimum atomic E-state index is -0.155. The maximum Gasteiger partial charge on any atom is 0.220 e. The molecule has 0 spiro atoms. The molecule has 1 fully saturated rings. The molecule has 0 saturated heterocycles.